The summed E-state index contributed by atoms with van der Waals surface area (Å²) in [5.41, 5.74) is 3.87. The Labute approximate surface area is 486 Å². The lowest BCUT2D eigenvalue weighted by Gasteiger charge is -2.41. The Bertz CT molecular complexity index is 3060. The van der Waals surface area contributed by atoms with E-state index in [-0.39, 0.29) is 65.5 Å². The highest BCUT2D eigenvalue weighted by molar-refractivity contribution is 5.98. The molecule has 3 N–H and O–H groups in total. The summed E-state index contributed by atoms with van der Waals surface area (Å²) >= 11 is 0. The van der Waals surface area contributed by atoms with Crippen molar-refractivity contribution in [3.8, 4) is 11.5 Å². The number of piperazine rings is 2. The van der Waals surface area contributed by atoms with Gasteiger partial charge in [0.2, 0.25) is 17.7 Å². The average Bonchev–Trinajstić information content (AvgIpc) is 3.73. The van der Waals surface area contributed by atoms with Crippen LogP contribution in [-0.2, 0) is 32.1 Å². The maximum absolute atomic E-state index is 15.3. The van der Waals surface area contributed by atoms with Crippen LogP contribution in [0, 0.1) is 11.8 Å². The average molecular weight is 1140 g/mol. The van der Waals surface area contributed by atoms with E-state index in [0.717, 1.165) is 124 Å². The van der Waals surface area contributed by atoms with Gasteiger partial charge in [-0.25, -0.2) is 9.49 Å². The number of carbonyl (C=O) groups excluding carboxylic acids is 5. The number of H-pyrrole nitrogens is 1. The summed E-state index contributed by atoms with van der Waals surface area (Å²) in [5, 5.41) is 14.6. The number of halogens is 1. The van der Waals surface area contributed by atoms with Crippen molar-refractivity contribution in [2.75, 3.05) is 112 Å². The number of amides is 5. The molecule has 5 heterocycles. The Morgan fingerprint density at radius 1 is 0.747 bits per heavy atom. The number of allylic oxidation sites excluding steroid dienone is 3. The Morgan fingerprint density at radius 3 is 2.19 bits per heavy atom. The molecule has 444 valence electrons. The van der Waals surface area contributed by atoms with Crippen molar-refractivity contribution in [3.63, 3.8) is 0 Å². The molecular weight excluding hydrogens is 1060 g/mol. The summed E-state index contributed by atoms with van der Waals surface area (Å²) in [6.07, 6.45) is 11.1. The number of ether oxygens (including phenoxy) is 2. The topological polar surface area (TPSA) is 193 Å². The molecule has 0 bridgehead atoms. The van der Waals surface area contributed by atoms with Gasteiger partial charge in [0.25, 0.3) is 17.4 Å². The number of piperidine rings is 2. The van der Waals surface area contributed by atoms with Crippen molar-refractivity contribution in [2.45, 2.75) is 102 Å². The number of nitrogens with one attached hydrogen (secondary N) is 3. The third kappa shape index (κ3) is 14.9. The first-order valence-electron chi connectivity index (χ1n) is 30.4. The number of carbonyl (C=O) groups is 5. The molecule has 5 fully saturated rings. The number of aromatic amines is 1. The molecule has 6 aliphatic rings. The van der Waals surface area contributed by atoms with E-state index in [1.807, 2.05) is 70.2 Å². The number of aromatic nitrogens is 2. The molecule has 2 atom stereocenters. The van der Waals surface area contributed by atoms with Gasteiger partial charge in [-0.3, -0.25) is 38.6 Å². The van der Waals surface area contributed by atoms with Crippen LogP contribution in [-0.4, -0.2) is 193 Å². The summed E-state index contributed by atoms with van der Waals surface area (Å²) < 4.78 is 26.5. The molecule has 83 heavy (non-hydrogen) atoms. The van der Waals surface area contributed by atoms with Crippen LogP contribution in [0.3, 0.4) is 0 Å². The Morgan fingerprint density at radius 2 is 1.46 bits per heavy atom. The molecule has 3 aromatic carbocycles. The quantitative estimate of drug-likeness (QED) is 0.101. The molecule has 1 saturated carbocycles. The SMILES string of the molecule is CCOc1cc(OC)ccc1CNCC(=O)N1CCC(c2cccc(C(=O)NC(C(=O)N3CCN(CC4CCN(CC(=O)N5CCN(C(=O)C6=CC(Cc7n[nH]c(=O)c8ccccc78)=CCC6F)CC5)CC4)CC3)C3CCCCC3)c2)CC1. The summed E-state index contributed by atoms with van der Waals surface area (Å²) in [6.45, 7) is 11.7. The lowest BCUT2D eigenvalue weighted by molar-refractivity contribution is -0.139. The molecule has 0 radical (unpaired) electrons. The van der Waals surface area contributed by atoms with Gasteiger partial charge < -0.3 is 39.7 Å². The number of rotatable bonds is 19. The number of methoxy groups -OCH3 is 1. The Kier molecular flexibility index (Phi) is 20.0. The maximum Gasteiger partial charge on any atom is 0.272 e. The standard InChI is InChI=1S/C64H83FN10O8/c1-3-83-57-39-51(82-2)18-17-50(57)40-66-41-58(76)72-26-22-46(23-27-72)48-12-9-13-49(38-48)61(78)67-60(47-10-5-4-6-11-47)64(81)75-30-28-71(29-31-75)42-44-20-24-70(25-21-44)43-59(77)73-32-34-74(35-33-73)63(80)54-36-45(16-19-55(54)65)37-56-52-14-7-8-15-53(52)62(79)69-68-56/h7-9,12-18,36,38-39,44,46-47,55,60,66H,3-6,10-11,19-35,37,40-43H2,1-2H3,(H,67,78)(H,69,79). The van der Waals surface area contributed by atoms with Crippen LogP contribution in [0.25, 0.3) is 10.8 Å². The van der Waals surface area contributed by atoms with E-state index in [9.17, 15) is 28.8 Å². The molecule has 10 rings (SSSR count). The van der Waals surface area contributed by atoms with Crippen LogP contribution in [0.4, 0.5) is 4.39 Å². The van der Waals surface area contributed by atoms with Crippen LogP contribution in [0.2, 0.25) is 0 Å². The third-order valence-corrected chi connectivity index (χ3v) is 18.2. The highest BCUT2D eigenvalue weighted by atomic mass is 19.1. The molecule has 4 saturated heterocycles. The van der Waals surface area contributed by atoms with Crippen molar-refractivity contribution in [2.24, 2.45) is 11.8 Å². The molecule has 2 aliphatic carbocycles. The number of alkyl halides is 1. The Balaban J connectivity index is 0.636. The molecule has 0 spiro atoms. The van der Waals surface area contributed by atoms with Gasteiger partial charge in [-0.1, -0.05) is 61.7 Å². The van der Waals surface area contributed by atoms with E-state index in [4.69, 9.17) is 9.47 Å². The van der Waals surface area contributed by atoms with E-state index in [1.165, 1.54) is 0 Å². The fourth-order valence-corrected chi connectivity index (χ4v) is 13.2. The maximum atomic E-state index is 15.3. The molecule has 5 amide bonds. The molecule has 18 nitrogen and oxygen atoms in total. The van der Waals surface area contributed by atoms with Gasteiger partial charge in [0.05, 0.1) is 43.5 Å². The van der Waals surface area contributed by atoms with Crippen LogP contribution >= 0.6 is 0 Å². The molecule has 19 heteroatoms. The second-order valence-electron chi connectivity index (χ2n) is 23.5. The predicted octanol–water partition coefficient (Wildman–Crippen LogP) is 5.87. The normalized spacial score (nSPS) is 20.4. The van der Waals surface area contributed by atoms with E-state index >= 15 is 4.39 Å². The minimum absolute atomic E-state index is 0.0194. The van der Waals surface area contributed by atoms with Crippen LogP contribution < -0.4 is 25.7 Å². The van der Waals surface area contributed by atoms with Gasteiger partial charge in [-0.15, -0.1) is 0 Å². The fraction of sp³-hybridized carbons (Fsp3) is 0.547. The van der Waals surface area contributed by atoms with Gasteiger partial charge in [0.15, 0.2) is 0 Å². The number of nitrogens with zero attached hydrogens (tertiary/aromatic N) is 7. The van der Waals surface area contributed by atoms with Crippen molar-refractivity contribution in [3.05, 3.63) is 123 Å². The van der Waals surface area contributed by atoms with Crippen LogP contribution in [0.1, 0.15) is 104 Å². The summed E-state index contributed by atoms with van der Waals surface area (Å²) in [4.78, 5) is 93.5. The van der Waals surface area contributed by atoms with Crippen molar-refractivity contribution in [1.82, 2.24) is 50.2 Å². The van der Waals surface area contributed by atoms with E-state index in [2.05, 4.69) is 36.7 Å². The molecule has 1 aromatic heterocycles. The largest absolute Gasteiger partial charge is 0.497 e. The smallest absolute Gasteiger partial charge is 0.272 e. The monoisotopic (exact) mass is 1140 g/mol. The Hall–Kier alpha value is -6.96. The van der Waals surface area contributed by atoms with Crippen LogP contribution in [0.15, 0.2) is 94.8 Å². The van der Waals surface area contributed by atoms with Crippen molar-refractivity contribution < 1.29 is 37.8 Å². The minimum atomic E-state index is -1.42. The summed E-state index contributed by atoms with van der Waals surface area (Å²) in [6, 6.07) is 20.2. The first-order valence-corrected chi connectivity index (χ1v) is 30.4. The minimum Gasteiger partial charge on any atom is -0.497 e. The number of likely N-dealkylation sites (tertiary alicyclic amines) is 2. The van der Waals surface area contributed by atoms with Gasteiger partial charge in [0, 0.05) is 114 Å². The van der Waals surface area contributed by atoms with Gasteiger partial charge in [-0.05, 0) is 118 Å². The van der Waals surface area contributed by atoms with Gasteiger partial charge >= 0.3 is 0 Å². The first kappa shape index (κ1) is 59.2. The third-order valence-electron chi connectivity index (χ3n) is 18.2. The summed E-state index contributed by atoms with van der Waals surface area (Å²) in [5.74, 6) is 1.82. The number of benzene rings is 3. The summed E-state index contributed by atoms with van der Waals surface area (Å²) in [7, 11) is 1.62. The van der Waals surface area contributed by atoms with E-state index in [0.29, 0.717) is 101 Å². The lowest BCUT2D eigenvalue weighted by atomic mass is 9.83. The van der Waals surface area contributed by atoms with Crippen molar-refractivity contribution >= 4 is 40.3 Å². The highest BCUT2D eigenvalue weighted by Gasteiger charge is 2.37. The fourth-order valence-electron chi connectivity index (χ4n) is 13.2. The second-order valence-corrected chi connectivity index (χ2v) is 23.5. The van der Waals surface area contributed by atoms with Gasteiger partial charge in [-0.2, -0.15) is 5.10 Å². The van der Waals surface area contributed by atoms with Crippen molar-refractivity contribution in [1.29, 1.82) is 0 Å². The zero-order valence-corrected chi connectivity index (χ0v) is 48.5. The lowest BCUT2D eigenvalue weighted by Crippen LogP contribution is -2.57. The molecule has 4 aliphatic heterocycles. The zero-order chi connectivity index (χ0) is 57.8. The van der Waals surface area contributed by atoms with Crippen LogP contribution in [0.5, 0.6) is 11.5 Å². The number of hydrogen-bond donors (Lipinski definition) is 3. The molecular formula is C64H83FN10O8. The zero-order valence-electron chi connectivity index (χ0n) is 48.5. The molecule has 2 unspecified atom stereocenters. The highest BCUT2D eigenvalue weighted by Crippen LogP contribution is 2.32. The second kappa shape index (κ2) is 28.1. The number of fused-ring (bicyclic) bond motifs is 1. The molecule has 4 aromatic rings. The van der Waals surface area contributed by atoms with Gasteiger partial charge in [0.1, 0.15) is 23.7 Å². The predicted molar refractivity (Wildman–Crippen MR) is 316 cm³/mol. The first-order chi connectivity index (χ1) is 40.4. The van der Waals surface area contributed by atoms with E-state index < -0.39 is 12.2 Å². The number of hydrogen-bond acceptors (Lipinski definition) is 12. The van der Waals surface area contributed by atoms with E-state index in [1.54, 1.807) is 36.3 Å².